The molecule has 0 fully saturated rings. The second kappa shape index (κ2) is 6.64. The molecule has 0 aliphatic rings. The van der Waals surface area contributed by atoms with Crippen molar-refractivity contribution in [2.45, 2.75) is 26.1 Å². The van der Waals surface area contributed by atoms with Gasteiger partial charge in [0.1, 0.15) is 11.6 Å². The Hall–Kier alpha value is -2.31. The number of nitrogens with one attached hydrogen (secondary N) is 1. The molecule has 1 aromatic carbocycles. The van der Waals surface area contributed by atoms with Gasteiger partial charge in [-0.2, -0.15) is 13.2 Å². The average Bonchev–Trinajstić information content (AvgIpc) is 2.52. The van der Waals surface area contributed by atoms with Crippen LogP contribution in [0.3, 0.4) is 0 Å². The van der Waals surface area contributed by atoms with E-state index in [9.17, 15) is 13.2 Å². The van der Waals surface area contributed by atoms with Crippen LogP contribution in [-0.2, 0) is 19.1 Å². The maximum absolute atomic E-state index is 12.4. The normalized spacial score (nSPS) is 11.3. The lowest BCUT2D eigenvalue weighted by Gasteiger charge is -2.11. The third-order valence-electron chi connectivity index (χ3n) is 3.21. The smallest absolute Gasteiger partial charge is 0.435 e. The molecule has 0 saturated carbocycles. The number of hydrogen-bond acceptors (Lipinski definition) is 4. The second-order valence-electron chi connectivity index (χ2n) is 4.64. The number of alkyl halides is 3. The number of aryl methyl sites for hydroxylation is 1. The highest BCUT2D eigenvalue weighted by atomic mass is 19.4. The summed E-state index contributed by atoms with van der Waals surface area (Å²) in [5, 5.41) is 9.69. The van der Waals surface area contributed by atoms with Crippen LogP contribution in [0.5, 0.6) is 5.75 Å². The van der Waals surface area contributed by atoms with E-state index < -0.39 is 11.9 Å². The summed E-state index contributed by atoms with van der Waals surface area (Å²) in [4.78, 5) is 0. The quantitative estimate of drug-likeness (QED) is 0.915. The van der Waals surface area contributed by atoms with Gasteiger partial charge >= 0.3 is 6.18 Å². The standard InChI is InChI=1S/C15H16F3N3O/c1-3-10-8-12(22-2)5-4-11(10)9-19-14-7-6-13(20-21-14)15(16,17)18/h4-8H,3,9H2,1-2H3,(H,19,21). The van der Waals surface area contributed by atoms with Gasteiger partial charge in [-0.15, -0.1) is 10.2 Å². The zero-order valence-corrected chi connectivity index (χ0v) is 12.2. The highest BCUT2D eigenvalue weighted by molar-refractivity contribution is 5.40. The largest absolute Gasteiger partial charge is 0.497 e. The van der Waals surface area contributed by atoms with Crippen LogP contribution < -0.4 is 10.1 Å². The molecule has 2 aromatic rings. The lowest BCUT2D eigenvalue weighted by molar-refractivity contribution is -0.141. The Morgan fingerprint density at radius 2 is 1.86 bits per heavy atom. The van der Waals surface area contributed by atoms with Crippen LogP contribution in [-0.4, -0.2) is 17.3 Å². The van der Waals surface area contributed by atoms with Gasteiger partial charge in [-0.05, 0) is 41.8 Å². The molecule has 0 aliphatic heterocycles. The average molecular weight is 311 g/mol. The zero-order chi connectivity index (χ0) is 16.2. The van der Waals surface area contributed by atoms with E-state index in [-0.39, 0.29) is 0 Å². The number of rotatable bonds is 5. The number of ether oxygens (including phenoxy) is 1. The molecule has 0 aliphatic carbocycles. The molecule has 118 valence electrons. The van der Waals surface area contributed by atoms with Crippen molar-refractivity contribution in [1.29, 1.82) is 0 Å². The Labute approximate surface area is 126 Å². The Kier molecular flexibility index (Phi) is 4.85. The van der Waals surface area contributed by atoms with Crippen LogP contribution in [0, 0.1) is 0 Å². The van der Waals surface area contributed by atoms with Gasteiger partial charge in [-0.25, -0.2) is 0 Å². The van der Waals surface area contributed by atoms with Gasteiger partial charge in [-0.1, -0.05) is 13.0 Å². The Morgan fingerprint density at radius 3 is 2.41 bits per heavy atom. The van der Waals surface area contributed by atoms with Gasteiger partial charge in [-0.3, -0.25) is 0 Å². The minimum Gasteiger partial charge on any atom is -0.497 e. The van der Waals surface area contributed by atoms with Crippen molar-refractivity contribution in [2.24, 2.45) is 0 Å². The van der Waals surface area contributed by atoms with Gasteiger partial charge in [0.2, 0.25) is 0 Å². The number of aromatic nitrogens is 2. The fourth-order valence-electron chi connectivity index (χ4n) is 1.99. The number of halogens is 3. The monoisotopic (exact) mass is 311 g/mol. The summed E-state index contributed by atoms with van der Waals surface area (Å²) >= 11 is 0. The molecule has 0 amide bonds. The van der Waals surface area contributed by atoms with E-state index >= 15 is 0 Å². The van der Waals surface area contributed by atoms with Crippen molar-refractivity contribution in [3.8, 4) is 5.75 Å². The van der Waals surface area contributed by atoms with Crippen LogP contribution in [0.4, 0.5) is 19.0 Å². The molecule has 0 spiro atoms. The highest BCUT2D eigenvalue weighted by Crippen LogP contribution is 2.27. The summed E-state index contributed by atoms with van der Waals surface area (Å²) in [5.41, 5.74) is 1.13. The molecule has 0 saturated heterocycles. The van der Waals surface area contributed by atoms with Gasteiger partial charge in [0.15, 0.2) is 5.69 Å². The first-order chi connectivity index (χ1) is 10.4. The summed E-state index contributed by atoms with van der Waals surface area (Å²) in [5.74, 6) is 1.07. The summed E-state index contributed by atoms with van der Waals surface area (Å²) in [6.45, 7) is 2.48. The third-order valence-corrected chi connectivity index (χ3v) is 3.21. The molecule has 1 N–H and O–H groups in total. The van der Waals surface area contributed by atoms with Crippen LogP contribution in [0.15, 0.2) is 30.3 Å². The first kappa shape index (κ1) is 16.1. The maximum atomic E-state index is 12.4. The van der Waals surface area contributed by atoms with E-state index in [1.807, 2.05) is 25.1 Å². The molecule has 1 heterocycles. The predicted molar refractivity (Wildman–Crippen MR) is 76.7 cm³/mol. The zero-order valence-electron chi connectivity index (χ0n) is 12.2. The Morgan fingerprint density at radius 1 is 1.09 bits per heavy atom. The molecular formula is C15H16F3N3O. The van der Waals surface area contributed by atoms with Gasteiger partial charge in [0.05, 0.1) is 7.11 Å². The van der Waals surface area contributed by atoms with Gasteiger partial charge < -0.3 is 10.1 Å². The number of hydrogen-bond donors (Lipinski definition) is 1. The lowest BCUT2D eigenvalue weighted by Crippen LogP contribution is -2.11. The number of methoxy groups -OCH3 is 1. The minimum absolute atomic E-state index is 0.297. The van der Waals surface area contributed by atoms with Crippen LogP contribution in [0.2, 0.25) is 0 Å². The Balaban J connectivity index is 2.07. The van der Waals surface area contributed by atoms with Crippen molar-refractivity contribution in [3.63, 3.8) is 0 Å². The summed E-state index contributed by atoms with van der Waals surface area (Å²) < 4.78 is 42.4. The fourth-order valence-corrected chi connectivity index (χ4v) is 1.99. The molecule has 0 bridgehead atoms. The van der Waals surface area contributed by atoms with Crippen LogP contribution >= 0.6 is 0 Å². The van der Waals surface area contributed by atoms with E-state index in [0.29, 0.717) is 12.4 Å². The van der Waals surface area contributed by atoms with Crippen molar-refractivity contribution >= 4 is 5.82 Å². The topological polar surface area (TPSA) is 47.0 Å². The van der Waals surface area contributed by atoms with E-state index in [1.165, 1.54) is 6.07 Å². The molecule has 0 unspecified atom stereocenters. The van der Waals surface area contributed by atoms with Crippen LogP contribution in [0.1, 0.15) is 23.7 Å². The second-order valence-corrected chi connectivity index (χ2v) is 4.64. The summed E-state index contributed by atoms with van der Waals surface area (Å²) in [7, 11) is 1.60. The van der Waals surface area contributed by atoms with Crippen molar-refractivity contribution in [1.82, 2.24) is 10.2 Å². The third kappa shape index (κ3) is 3.87. The van der Waals surface area contributed by atoms with E-state index in [4.69, 9.17) is 4.74 Å². The van der Waals surface area contributed by atoms with E-state index in [2.05, 4.69) is 15.5 Å². The lowest BCUT2D eigenvalue weighted by atomic mass is 10.0. The Bertz CT molecular complexity index is 627. The molecule has 2 rings (SSSR count). The highest BCUT2D eigenvalue weighted by Gasteiger charge is 2.32. The van der Waals surface area contributed by atoms with Crippen molar-refractivity contribution < 1.29 is 17.9 Å². The molecule has 7 heteroatoms. The van der Waals surface area contributed by atoms with Gasteiger partial charge in [0, 0.05) is 6.54 Å². The molecule has 1 aromatic heterocycles. The van der Waals surface area contributed by atoms with Crippen molar-refractivity contribution in [3.05, 3.63) is 47.2 Å². The number of nitrogens with zero attached hydrogens (tertiary/aromatic N) is 2. The maximum Gasteiger partial charge on any atom is 0.435 e. The predicted octanol–water partition coefficient (Wildman–Crippen LogP) is 3.68. The molecule has 0 radical (unpaired) electrons. The molecular weight excluding hydrogens is 295 g/mol. The summed E-state index contributed by atoms with van der Waals surface area (Å²) in [6, 6.07) is 7.88. The molecule has 4 nitrogen and oxygen atoms in total. The number of anilines is 1. The van der Waals surface area contributed by atoms with Crippen molar-refractivity contribution in [2.75, 3.05) is 12.4 Å². The van der Waals surface area contributed by atoms with Crippen LogP contribution in [0.25, 0.3) is 0 Å². The molecule has 0 atom stereocenters. The van der Waals surface area contributed by atoms with E-state index in [0.717, 1.165) is 29.4 Å². The minimum atomic E-state index is -4.48. The SMILES string of the molecule is CCc1cc(OC)ccc1CNc1ccc(C(F)(F)F)nn1. The van der Waals surface area contributed by atoms with E-state index in [1.54, 1.807) is 7.11 Å². The molecule has 22 heavy (non-hydrogen) atoms. The van der Waals surface area contributed by atoms with Gasteiger partial charge in [0.25, 0.3) is 0 Å². The first-order valence-corrected chi connectivity index (χ1v) is 6.74. The summed E-state index contributed by atoms with van der Waals surface area (Å²) in [6.07, 6.45) is -3.65. The first-order valence-electron chi connectivity index (χ1n) is 6.74. The number of benzene rings is 1. The fraction of sp³-hybridized carbons (Fsp3) is 0.333.